The average Bonchev–Trinajstić information content (AvgIpc) is 3.88. The van der Waals surface area contributed by atoms with Crippen LogP contribution in [0.1, 0.15) is 0 Å². The Balaban J connectivity index is 1.27. The first-order valence-electron chi connectivity index (χ1n) is 17.9. The maximum atomic E-state index is 5.50. The Morgan fingerprint density at radius 1 is 0.415 bits per heavy atom. The van der Waals surface area contributed by atoms with E-state index in [1.807, 2.05) is 11.3 Å². The number of para-hydroxylation sites is 4. The van der Waals surface area contributed by atoms with Crippen LogP contribution in [0.4, 0.5) is 0 Å². The Labute approximate surface area is 307 Å². The lowest BCUT2D eigenvalue weighted by Gasteiger charge is -2.13. The normalized spacial score (nSPS) is 12.2. The smallest absolute Gasteiger partial charge is 0.235 e. The average molecular weight is 693 g/mol. The van der Waals surface area contributed by atoms with Crippen LogP contribution in [-0.4, -0.2) is 19.1 Å². The Morgan fingerprint density at radius 2 is 1.00 bits per heavy atom. The molecule has 0 radical (unpaired) electrons. The minimum Gasteiger partial charge on any atom is -0.309 e. The standard InChI is InChI=1S/C48H28N4S/c1-2-14-32(15-3-1)51-39-20-10-7-16-33(39)35-24-26-41-43(46(35)51)44-42(53-41)27-25-36-34-17-8-11-21-40(34)52(47(36)44)48-49-38-19-9-6-18-37(38)45(50-48)31-23-22-29-12-4-5-13-30(29)28-31/h1-28H. The second-order valence-electron chi connectivity index (χ2n) is 13.8. The molecule has 0 aliphatic rings. The molecular formula is C48H28N4S. The summed E-state index contributed by atoms with van der Waals surface area (Å²) in [6.07, 6.45) is 0. The Hall–Kier alpha value is -6.82. The molecule has 5 heteroatoms. The summed E-state index contributed by atoms with van der Waals surface area (Å²) in [5, 5.41) is 10.8. The highest BCUT2D eigenvalue weighted by molar-refractivity contribution is 7.26. The van der Waals surface area contributed by atoms with Gasteiger partial charge in [-0.25, -0.2) is 9.97 Å². The molecule has 12 aromatic rings. The molecule has 12 rings (SSSR count). The van der Waals surface area contributed by atoms with Crippen molar-refractivity contribution in [2.45, 2.75) is 0 Å². The SMILES string of the molecule is c1ccc(-n2c3ccccc3c3ccc4sc5ccc6c7ccccc7n(-c7nc(-c8ccc9ccccc9c8)c8ccccc8n7)c6c5c4c32)cc1. The minimum atomic E-state index is 0.667. The molecule has 0 atom stereocenters. The van der Waals surface area contributed by atoms with E-state index in [4.69, 9.17) is 9.97 Å². The van der Waals surface area contributed by atoms with Gasteiger partial charge in [-0.2, -0.15) is 0 Å². The lowest BCUT2D eigenvalue weighted by molar-refractivity contribution is 1.02. The van der Waals surface area contributed by atoms with Gasteiger partial charge < -0.3 is 4.57 Å². The van der Waals surface area contributed by atoms with Gasteiger partial charge >= 0.3 is 0 Å². The number of nitrogens with zero attached hydrogens (tertiary/aromatic N) is 4. The maximum Gasteiger partial charge on any atom is 0.235 e. The lowest BCUT2D eigenvalue weighted by atomic mass is 10.0. The van der Waals surface area contributed by atoms with Gasteiger partial charge in [0.05, 0.1) is 33.3 Å². The molecule has 0 N–H and O–H groups in total. The van der Waals surface area contributed by atoms with Crippen molar-refractivity contribution < 1.29 is 0 Å². The predicted octanol–water partition coefficient (Wildman–Crippen LogP) is 13.0. The van der Waals surface area contributed by atoms with Gasteiger partial charge in [-0.15, -0.1) is 11.3 Å². The first kappa shape index (κ1) is 28.8. The summed E-state index contributed by atoms with van der Waals surface area (Å²) >= 11 is 1.86. The van der Waals surface area contributed by atoms with Crippen molar-refractivity contribution in [3.8, 4) is 22.9 Å². The number of benzene rings is 8. The molecule has 0 bridgehead atoms. The van der Waals surface area contributed by atoms with Gasteiger partial charge in [0.25, 0.3) is 0 Å². The van der Waals surface area contributed by atoms with Crippen molar-refractivity contribution in [1.82, 2.24) is 19.1 Å². The number of hydrogen-bond donors (Lipinski definition) is 0. The second kappa shape index (κ2) is 10.8. The van der Waals surface area contributed by atoms with Crippen molar-refractivity contribution in [2.75, 3.05) is 0 Å². The van der Waals surface area contributed by atoms with Crippen LogP contribution < -0.4 is 0 Å². The fraction of sp³-hybridized carbons (Fsp3) is 0. The molecule has 4 aromatic heterocycles. The second-order valence-corrected chi connectivity index (χ2v) is 14.8. The van der Waals surface area contributed by atoms with Crippen LogP contribution in [0.5, 0.6) is 0 Å². The van der Waals surface area contributed by atoms with E-state index >= 15 is 0 Å². The molecular weight excluding hydrogens is 665 g/mol. The highest BCUT2D eigenvalue weighted by Crippen LogP contribution is 2.47. The van der Waals surface area contributed by atoms with Gasteiger partial charge in [0.1, 0.15) is 0 Å². The molecule has 0 spiro atoms. The summed E-state index contributed by atoms with van der Waals surface area (Å²) in [4.78, 5) is 10.9. The number of rotatable bonds is 3. The van der Waals surface area contributed by atoms with E-state index in [0.29, 0.717) is 5.95 Å². The number of aromatic nitrogens is 4. The molecule has 246 valence electrons. The largest absolute Gasteiger partial charge is 0.309 e. The molecule has 0 saturated heterocycles. The molecule has 0 saturated carbocycles. The van der Waals surface area contributed by atoms with Crippen LogP contribution >= 0.6 is 11.3 Å². The molecule has 8 aromatic carbocycles. The van der Waals surface area contributed by atoms with E-state index in [1.165, 1.54) is 63.5 Å². The fourth-order valence-corrected chi connectivity index (χ4v) is 9.73. The Morgan fingerprint density at radius 3 is 1.74 bits per heavy atom. The summed E-state index contributed by atoms with van der Waals surface area (Å²) in [6.45, 7) is 0. The highest BCUT2D eigenvalue weighted by Gasteiger charge is 2.24. The number of hydrogen-bond acceptors (Lipinski definition) is 3. The van der Waals surface area contributed by atoms with Crippen molar-refractivity contribution in [3.05, 3.63) is 170 Å². The van der Waals surface area contributed by atoms with Crippen molar-refractivity contribution in [3.63, 3.8) is 0 Å². The fourth-order valence-electron chi connectivity index (χ4n) is 8.62. The monoisotopic (exact) mass is 692 g/mol. The van der Waals surface area contributed by atoms with Gasteiger partial charge in [0, 0.05) is 58.4 Å². The van der Waals surface area contributed by atoms with Gasteiger partial charge in [0.2, 0.25) is 5.95 Å². The molecule has 0 aliphatic heterocycles. The third-order valence-electron chi connectivity index (χ3n) is 10.9. The van der Waals surface area contributed by atoms with Crippen molar-refractivity contribution in [2.24, 2.45) is 0 Å². The zero-order chi connectivity index (χ0) is 34.6. The number of thiophene rings is 1. The molecule has 0 unspecified atom stereocenters. The van der Waals surface area contributed by atoms with Crippen LogP contribution in [0, 0.1) is 0 Å². The lowest BCUT2D eigenvalue weighted by Crippen LogP contribution is -2.03. The third-order valence-corrected chi connectivity index (χ3v) is 12.0. The topological polar surface area (TPSA) is 35.6 Å². The zero-order valence-corrected chi connectivity index (χ0v) is 29.2. The van der Waals surface area contributed by atoms with Gasteiger partial charge in [-0.05, 0) is 59.3 Å². The van der Waals surface area contributed by atoms with Crippen LogP contribution in [0.25, 0.3) is 108 Å². The minimum absolute atomic E-state index is 0.667. The molecule has 4 heterocycles. The first-order chi connectivity index (χ1) is 26.3. The quantitative estimate of drug-likeness (QED) is 0.185. The van der Waals surface area contributed by atoms with Crippen molar-refractivity contribution in [1.29, 1.82) is 0 Å². The van der Waals surface area contributed by atoms with E-state index < -0.39 is 0 Å². The van der Waals surface area contributed by atoms with E-state index in [-0.39, 0.29) is 0 Å². The van der Waals surface area contributed by atoms with Gasteiger partial charge in [0.15, 0.2) is 0 Å². The van der Waals surface area contributed by atoms with Crippen LogP contribution in [0.3, 0.4) is 0 Å². The van der Waals surface area contributed by atoms with Crippen LogP contribution in [0.2, 0.25) is 0 Å². The van der Waals surface area contributed by atoms with Gasteiger partial charge in [-0.1, -0.05) is 121 Å². The van der Waals surface area contributed by atoms with E-state index in [2.05, 4.69) is 179 Å². The summed E-state index contributed by atoms with van der Waals surface area (Å²) in [7, 11) is 0. The zero-order valence-electron chi connectivity index (χ0n) is 28.4. The first-order valence-corrected chi connectivity index (χ1v) is 18.7. The Bertz CT molecular complexity index is 3460. The molecule has 53 heavy (non-hydrogen) atoms. The van der Waals surface area contributed by atoms with Crippen molar-refractivity contribution >= 4 is 96.8 Å². The predicted molar refractivity (Wildman–Crippen MR) is 224 cm³/mol. The number of fused-ring (bicyclic) bond motifs is 13. The summed E-state index contributed by atoms with van der Waals surface area (Å²) < 4.78 is 7.28. The van der Waals surface area contributed by atoms with E-state index in [0.717, 1.165) is 38.9 Å². The van der Waals surface area contributed by atoms with Crippen LogP contribution in [-0.2, 0) is 0 Å². The molecule has 0 fully saturated rings. The summed E-state index contributed by atoms with van der Waals surface area (Å²) in [6, 6.07) is 61.0. The molecule has 0 amide bonds. The van der Waals surface area contributed by atoms with Gasteiger partial charge in [-0.3, -0.25) is 4.57 Å². The molecule has 0 aliphatic carbocycles. The highest BCUT2D eigenvalue weighted by atomic mass is 32.1. The maximum absolute atomic E-state index is 5.50. The third kappa shape index (κ3) is 4.05. The molecule has 4 nitrogen and oxygen atoms in total. The van der Waals surface area contributed by atoms with E-state index in [9.17, 15) is 0 Å². The summed E-state index contributed by atoms with van der Waals surface area (Å²) in [5.74, 6) is 0.667. The summed E-state index contributed by atoms with van der Waals surface area (Å²) in [5.41, 5.74) is 8.71. The Kier molecular flexibility index (Phi) is 5.90. The van der Waals surface area contributed by atoms with E-state index in [1.54, 1.807) is 0 Å². The van der Waals surface area contributed by atoms with Crippen LogP contribution in [0.15, 0.2) is 170 Å².